The Bertz CT molecular complexity index is 576. The molecule has 100 valence electrons. The summed E-state index contributed by atoms with van der Waals surface area (Å²) in [5.41, 5.74) is 0.0931. The summed E-state index contributed by atoms with van der Waals surface area (Å²) in [6.07, 6.45) is -0.0694. The Labute approximate surface area is 116 Å². The third-order valence-electron chi connectivity index (χ3n) is 2.87. The minimum Gasteiger partial charge on any atom is -0.340 e. The summed E-state index contributed by atoms with van der Waals surface area (Å²) in [6.45, 7) is 0. The molecule has 1 fully saturated rings. The average molecular weight is 329 g/mol. The fraction of sp³-hybridized carbons (Fsp3) is 0.250. The molecule has 0 aliphatic carbocycles. The minimum atomic E-state index is -0.878. The van der Waals surface area contributed by atoms with Gasteiger partial charge in [0, 0.05) is 12.6 Å². The highest BCUT2D eigenvalue weighted by molar-refractivity contribution is 9.10. The maximum Gasteiger partial charge on any atom is 0.252 e. The van der Waals surface area contributed by atoms with E-state index in [-0.39, 0.29) is 22.4 Å². The Hall–Kier alpha value is -1.76. The summed E-state index contributed by atoms with van der Waals surface area (Å²) < 4.78 is 13.5. The molecule has 1 aliphatic heterocycles. The number of amides is 3. The highest BCUT2D eigenvalue weighted by Gasteiger charge is 2.37. The third-order valence-corrected chi connectivity index (χ3v) is 3.51. The van der Waals surface area contributed by atoms with E-state index in [0.29, 0.717) is 0 Å². The molecule has 0 saturated carbocycles. The molecule has 1 N–H and O–H groups in total. The zero-order valence-corrected chi connectivity index (χ0v) is 11.5. The number of hydrogen-bond donors (Lipinski definition) is 1. The summed E-state index contributed by atoms with van der Waals surface area (Å²) in [6, 6.07) is 3.01. The van der Waals surface area contributed by atoms with E-state index < -0.39 is 23.7 Å². The minimum absolute atomic E-state index is 0.0694. The molecule has 1 aliphatic rings. The van der Waals surface area contributed by atoms with Crippen LogP contribution in [0.1, 0.15) is 16.8 Å². The smallest absolute Gasteiger partial charge is 0.252 e. The second-order valence-corrected chi connectivity index (χ2v) is 5.00. The molecule has 3 amide bonds. The van der Waals surface area contributed by atoms with Crippen LogP contribution < -0.4 is 5.32 Å². The van der Waals surface area contributed by atoms with Crippen molar-refractivity contribution in [2.45, 2.75) is 12.5 Å². The summed E-state index contributed by atoms with van der Waals surface area (Å²) >= 11 is 2.98. The van der Waals surface area contributed by atoms with Crippen molar-refractivity contribution in [2.24, 2.45) is 0 Å². The van der Waals surface area contributed by atoms with Gasteiger partial charge < -0.3 is 5.32 Å². The Morgan fingerprint density at radius 3 is 2.68 bits per heavy atom. The van der Waals surface area contributed by atoms with Gasteiger partial charge in [-0.25, -0.2) is 4.39 Å². The van der Waals surface area contributed by atoms with Crippen LogP contribution in [-0.2, 0) is 9.59 Å². The number of halogens is 2. The number of nitrogens with one attached hydrogen (secondary N) is 1. The second kappa shape index (κ2) is 5.08. The van der Waals surface area contributed by atoms with Crippen LogP contribution in [0.4, 0.5) is 4.39 Å². The molecule has 2 rings (SSSR count). The fourth-order valence-electron chi connectivity index (χ4n) is 1.75. The number of rotatable bonds is 2. The highest BCUT2D eigenvalue weighted by Crippen LogP contribution is 2.17. The maximum absolute atomic E-state index is 13.3. The molecular weight excluding hydrogens is 319 g/mol. The first kappa shape index (κ1) is 13.7. The number of likely N-dealkylation sites (tertiary alicyclic amines) is 1. The molecule has 0 bridgehead atoms. The van der Waals surface area contributed by atoms with Gasteiger partial charge in [0.15, 0.2) is 0 Å². The van der Waals surface area contributed by atoms with Crippen LogP contribution in [0.15, 0.2) is 22.7 Å². The van der Waals surface area contributed by atoms with Crippen molar-refractivity contribution in [1.82, 2.24) is 10.2 Å². The van der Waals surface area contributed by atoms with Crippen molar-refractivity contribution in [1.29, 1.82) is 0 Å². The van der Waals surface area contributed by atoms with Crippen molar-refractivity contribution >= 4 is 33.7 Å². The predicted octanol–water partition coefficient (Wildman–Crippen LogP) is 1.08. The van der Waals surface area contributed by atoms with Crippen LogP contribution in [0, 0.1) is 5.82 Å². The summed E-state index contributed by atoms with van der Waals surface area (Å²) in [7, 11) is 1.36. The molecular formula is C12H10BrFN2O3. The number of nitrogens with zero attached hydrogens (tertiary/aromatic N) is 1. The third kappa shape index (κ3) is 2.65. The molecule has 1 atom stereocenters. The Kier molecular flexibility index (Phi) is 3.66. The maximum atomic E-state index is 13.3. The molecule has 19 heavy (non-hydrogen) atoms. The van der Waals surface area contributed by atoms with Gasteiger partial charge in [0.05, 0.1) is 10.9 Å². The Balaban J connectivity index is 2.11. The largest absolute Gasteiger partial charge is 0.340 e. The van der Waals surface area contributed by atoms with Gasteiger partial charge in [0.1, 0.15) is 11.9 Å². The highest BCUT2D eigenvalue weighted by atomic mass is 79.9. The van der Waals surface area contributed by atoms with E-state index in [4.69, 9.17) is 0 Å². The molecule has 0 radical (unpaired) electrons. The molecule has 0 aromatic heterocycles. The molecule has 1 aromatic rings. The van der Waals surface area contributed by atoms with Gasteiger partial charge in [0.2, 0.25) is 5.91 Å². The van der Waals surface area contributed by atoms with E-state index in [1.165, 1.54) is 19.2 Å². The molecule has 7 heteroatoms. The number of carbonyl (C=O) groups is 3. The first-order valence-electron chi connectivity index (χ1n) is 5.46. The molecule has 1 aromatic carbocycles. The molecule has 1 saturated heterocycles. The summed E-state index contributed by atoms with van der Waals surface area (Å²) in [5, 5.41) is 2.42. The number of carbonyl (C=O) groups excluding carboxylic acids is 3. The monoisotopic (exact) mass is 328 g/mol. The first-order valence-corrected chi connectivity index (χ1v) is 6.25. The summed E-state index contributed by atoms with van der Waals surface area (Å²) in [5.74, 6) is -1.97. The zero-order chi connectivity index (χ0) is 14.2. The van der Waals surface area contributed by atoms with Gasteiger partial charge >= 0.3 is 0 Å². The topological polar surface area (TPSA) is 66.5 Å². The lowest BCUT2D eigenvalue weighted by molar-refractivity contribution is -0.137. The number of imide groups is 1. The molecule has 0 spiro atoms. The Morgan fingerprint density at radius 2 is 2.16 bits per heavy atom. The lowest BCUT2D eigenvalue weighted by Gasteiger charge is -2.11. The number of likely N-dealkylation sites (N-methyl/N-ethyl adjacent to an activating group) is 1. The normalized spacial score (nSPS) is 18.9. The van der Waals surface area contributed by atoms with Crippen molar-refractivity contribution < 1.29 is 18.8 Å². The van der Waals surface area contributed by atoms with Gasteiger partial charge in [-0.2, -0.15) is 0 Å². The van der Waals surface area contributed by atoms with Crippen LogP contribution in [0.25, 0.3) is 0 Å². The van der Waals surface area contributed by atoms with Gasteiger partial charge in [-0.15, -0.1) is 0 Å². The Morgan fingerprint density at radius 1 is 1.47 bits per heavy atom. The van der Waals surface area contributed by atoms with E-state index in [1.54, 1.807) is 0 Å². The molecule has 1 heterocycles. The van der Waals surface area contributed by atoms with Crippen molar-refractivity contribution in [3.05, 3.63) is 34.1 Å². The van der Waals surface area contributed by atoms with Crippen molar-refractivity contribution in [2.75, 3.05) is 7.05 Å². The van der Waals surface area contributed by atoms with Crippen molar-refractivity contribution in [3.63, 3.8) is 0 Å². The quantitative estimate of drug-likeness (QED) is 0.826. The van der Waals surface area contributed by atoms with E-state index in [9.17, 15) is 18.8 Å². The average Bonchev–Trinajstić information content (AvgIpc) is 2.60. The van der Waals surface area contributed by atoms with Gasteiger partial charge in [-0.3, -0.25) is 19.3 Å². The first-order chi connectivity index (χ1) is 8.90. The van der Waals surface area contributed by atoms with E-state index in [2.05, 4.69) is 21.2 Å². The van der Waals surface area contributed by atoms with Crippen LogP contribution >= 0.6 is 15.9 Å². The van der Waals surface area contributed by atoms with Crippen LogP contribution in [0.2, 0.25) is 0 Å². The molecule has 1 unspecified atom stereocenters. The van der Waals surface area contributed by atoms with Crippen LogP contribution in [0.5, 0.6) is 0 Å². The second-order valence-electron chi connectivity index (χ2n) is 4.15. The van der Waals surface area contributed by atoms with Gasteiger partial charge in [-0.1, -0.05) is 0 Å². The van der Waals surface area contributed by atoms with Crippen LogP contribution in [-0.4, -0.2) is 35.7 Å². The van der Waals surface area contributed by atoms with Crippen LogP contribution in [0.3, 0.4) is 0 Å². The van der Waals surface area contributed by atoms with E-state index in [1.807, 2.05) is 0 Å². The zero-order valence-electron chi connectivity index (χ0n) is 9.94. The fourth-order valence-corrected chi connectivity index (χ4v) is 1.99. The lowest BCUT2D eigenvalue weighted by Crippen LogP contribution is -2.40. The predicted molar refractivity (Wildman–Crippen MR) is 67.7 cm³/mol. The summed E-state index contributed by atoms with van der Waals surface area (Å²) in [4.78, 5) is 35.7. The van der Waals surface area contributed by atoms with E-state index >= 15 is 0 Å². The number of hydrogen-bond acceptors (Lipinski definition) is 3. The SMILES string of the molecule is CN1C(=O)CC(NC(=O)c2ccc(Br)c(F)c2)C1=O. The number of benzene rings is 1. The standard InChI is InChI=1S/C12H10BrFN2O3/c1-16-10(17)5-9(12(16)19)15-11(18)6-2-3-7(13)8(14)4-6/h2-4,9H,5H2,1H3,(H,15,18). The van der Waals surface area contributed by atoms with Crippen molar-refractivity contribution in [3.8, 4) is 0 Å². The lowest BCUT2D eigenvalue weighted by atomic mass is 10.1. The van der Waals surface area contributed by atoms with E-state index in [0.717, 1.165) is 11.0 Å². The van der Waals surface area contributed by atoms with Gasteiger partial charge in [0.25, 0.3) is 11.8 Å². The molecule has 5 nitrogen and oxygen atoms in total. The van der Waals surface area contributed by atoms with Gasteiger partial charge in [-0.05, 0) is 34.1 Å².